The van der Waals surface area contributed by atoms with Crippen LogP contribution in [0.1, 0.15) is 52.7 Å². The van der Waals surface area contributed by atoms with E-state index < -0.39 is 5.54 Å². The molecule has 21 heavy (non-hydrogen) atoms. The van der Waals surface area contributed by atoms with E-state index in [0.29, 0.717) is 0 Å². The van der Waals surface area contributed by atoms with E-state index in [1.54, 1.807) is 12.4 Å². The highest BCUT2D eigenvalue weighted by Crippen LogP contribution is 2.37. The lowest BCUT2D eigenvalue weighted by Crippen LogP contribution is -2.41. The standard InChI is InChI=1S/C16H25BN2O2/c1-14(2,18)13-9-12(10-19-11-13)7-8-17-20-15(3,4)16(5,6)21-17/h7-11H,18H2,1-6H3/b8-7+. The largest absolute Gasteiger partial charge is 0.487 e. The molecular weight excluding hydrogens is 263 g/mol. The Kier molecular flexibility index (Phi) is 4.04. The third-order valence-electron chi connectivity index (χ3n) is 4.22. The summed E-state index contributed by atoms with van der Waals surface area (Å²) in [7, 11) is -0.343. The summed E-state index contributed by atoms with van der Waals surface area (Å²) in [5, 5.41) is 0. The van der Waals surface area contributed by atoms with Crippen molar-refractivity contribution < 1.29 is 9.31 Å². The van der Waals surface area contributed by atoms with Gasteiger partial charge in [-0.15, -0.1) is 0 Å². The summed E-state index contributed by atoms with van der Waals surface area (Å²) >= 11 is 0. The number of rotatable bonds is 3. The Morgan fingerprint density at radius 2 is 1.71 bits per heavy atom. The van der Waals surface area contributed by atoms with Gasteiger partial charge in [0.25, 0.3) is 0 Å². The van der Waals surface area contributed by atoms with Crippen LogP contribution in [0.4, 0.5) is 0 Å². The molecule has 1 aromatic rings. The number of pyridine rings is 1. The van der Waals surface area contributed by atoms with Gasteiger partial charge >= 0.3 is 7.12 Å². The van der Waals surface area contributed by atoms with Gasteiger partial charge < -0.3 is 15.0 Å². The Balaban J connectivity index is 2.13. The summed E-state index contributed by atoms with van der Waals surface area (Å²) in [6.07, 6.45) is 5.56. The van der Waals surface area contributed by atoms with Crippen molar-refractivity contribution in [3.63, 3.8) is 0 Å². The van der Waals surface area contributed by atoms with Gasteiger partial charge in [-0.25, -0.2) is 0 Å². The van der Waals surface area contributed by atoms with Crippen LogP contribution in [0.15, 0.2) is 24.4 Å². The molecule has 5 heteroatoms. The summed E-state index contributed by atoms with van der Waals surface area (Å²) in [6.45, 7) is 12.1. The molecule has 0 spiro atoms. The predicted octanol–water partition coefficient (Wildman–Crippen LogP) is 2.92. The summed E-state index contributed by atoms with van der Waals surface area (Å²) in [5.74, 6) is 1.92. The molecule has 1 fully saturated rings. The van der Waals surface area contributed by atoms with E-state index in [4.69, 9.17) is 15.0 Å². The highest BCUT2D eigenvalue weighted by atomic mass is 16.7. The molecule has 1 aliphatic heterocycles. The van der Waals surface area contributed by atoms with E-state index in [-0.39, 0.29) is 18.3 Å². The molecule has 4 nitrogen and oxygen atoms in total. The minimum atomic E-state index is -0.402. The molecule has 2 N–H and O–H groups in total. The van der Waals surface area contributed by atoms with E-state index in [2.05, 4.69) is 4.98 Å². The van der Waals surface area contributed by atoms with Crippen molar-refractivity contribution in [1.82, 2.24) is 4.98 Å². The summed E-state index contributed by atoms with van der Waals surface area (Å²) in [6, 6.07) is 2.04. The smallest absolute Gasteiger partial charge is 0.400 e. The highest BCUT2D eigenvalue weighted by molar-refractivity contribution is 6.52. The summed E-state index contributed by atoms with van der Waals surface area (Å²) in [4.78, 5) is 4.24. The fraction of sp³-hybridized carbons (Fsp3) is 0.562. The molecule has 0 saturated carbocycles. The summed E-state index contributed by atoms with van der Waals surface area (Å²) in [5.41, 5.74) is 7.05. The van der Waals surface area contributed by atoms with E-state index in [0.717, 1.165) is 11.1 Å². The minimum absolute atomic E-state index is 0.318. The lowest BCUT2D eigenvalue weighted by molar-refractivity contribution is 0.00578. The van der Waals surface area contributed by atoms with E-state index in [1.807, 2.05) is 59.7 Å². The molecule has 1 saturated heterocycles. The third-order valence-corrected chi connectivity index (χ3v) is 4.22. The van der Waals surface area contributed by atoms with Crippen LogP contribution in [-0.2, 0) is 14.8 Å². The molecular formula is C16H25BN2O2. The monoisotopic (exact) mass is 288 g/mol. The fourth-order valence-corrected chi connectivity index (χ4v) is 2.06. The van der Waals surface area contributed by atoms with Gasteiger partial charge in [-0.05, 0) is 58.7 Å². The van der Waals surface area contributed by atoms with Crippen LogP contribution in [-0.4, -0.2) is 23.3 Å². The maximum atomic E-state index is 6.10. The number of hydrogen-bond donors (Lipinski definition) is 1. The number of nitrogens with two attached hydrogens (primary N) is 1. The number of hydrogen-bond acceptors (Lipinski definition) is 4. The molecule has 1 aromatic heterocycles. The lowest BCUT2D eigenvalue weighted by atomic mass is 9.88. The van der Waals surface area contributed by atoms with Crippen LogP contribution in [0.3, 0.4) is 0 Å². The molecule has 2 rings (SSSR count). The normalized spacial score (nSPS) is 21.2. The first-order valence-electron chi connectivity index (χ1n) is 7.29. The van der Waals surface area contributed by atoms with Crippen LogP contribution >= 0.6 is 0 Å². The zero-order valence-corrected chi connectivity index (χ0v) is 13.8. The van der Waals surface area contributed by atoms with E-state index >= 15 is 0 Å². The molecule has 0 amide bonds. The fourth-order valence-electron chi connectivity index (χ4n) is 2.06. The molecule has 0 aromatic carbocycles. The first-order valence-corrected chi connectivity index (χ1v) is 7.29. The van der Waals surface area contributed by atoms with Crippen molar-refractivity contribution in [3.05, 3.63) is 35.6 Å². The second kappa shape index (κ2) is 5.23. The Morgan fingerprint density at radius 1 is 1.14 bits per heavy atom. The topological polar surface area (TPSA) is 57.4 Å². The zero-order chi connectivity index (χ0) is 15.9. The first kappa shape index (κ1) is 16.2. The van der Waals surface area contributed by atoms with Gasteiger partial charge in [-0.2, -0.15) is 0 Å². The first-order chi connectivity index (χ1) is 9.51. The Labute approximate surface area is 127 Å². The molecule has 0 atom stereocenters. The Hall–Kier alpha value is -1.17. The maximum Gasteiger partial charge on any atom is 0.487 e. The number of nitrogens with zero attached hydrogens (tertiary/aromatic N) is 1. The minimum Gasteiger partial charge on any atom is -0.400 e. The van der Waals surface area contributed by atoms with Gasteiger partial charge in [0, 0.05) is 17.9 Å². The van der Waals surface area contributed by atoms with E-state index in [1.165, 1.54) is 0 Å². The van der Waals surface area contributed by atoms with Crippen LogP contribution in [0.25, 0.3) is 6.08 Å². The third kappa shape index (κ3) is 3.54. The van der Waals surface area contributed by atoms with Crippen molar-refractivity contribution in [3.8, 4) is 0 Å². The number of aromatic nitrogens is 1. The van der Waals surface area contributed by atoms with Crippen LogP contribution in [0.2, 0.25) is 0 Å². The zero-order valence-electron chi connectivity index (χ0n) is 13.8. The second-order valence-corrected chi connectivity index (χ2v) is 7.21. The van der Waals surface area contributed by atoms with Crippen molar-refractivity contribution in [2.45, 2.75) is 58.3 Å². The highest BCUT2D eigenvalue weighted by Gasteiger charge is 2.49. The van der Waals surface area contributed by atoms with Crippen LogP contribution < -0.4 is 5.73 Å². The van der Waals surface area contributed by atoms with Crippen LogP contribution in [0, 0.1) is 0 Å². The van der Waals surface area contributed by atoms with Gasteiger partial charge in [0.1, 0.15) is 0 Å². The Bertz CT molecular complexity index is 531. The van der Waals surface area contributed by atoms with E-state index in [9.17, 15) is 0 Å². The van der Waals surface area contributed by atoms with Crippen molar-refractivity contribution in [1.29, 1.82) is 0 Å². The van der Waals surface area contributed by atoms with Gasteiger partial charge in [0.05, 0.1) is 11.2 Å². The quantitative estimate of drug-likeness (QED) is 0.869. The van der Waals surface area contributed by atoms with Gasteiger partial charge in [0.2, 0.25) is 0 Å². The SMILES string of the molecule is CC(C)(N)c1cncc(/C=C/B2OC(C)(C)C(C)(C)O2)c1. The average molecular weight is 288 g/mol. The molecule has 1 aliphatic rings. The molecule has 0 aliphatic carbocycles. The maximum absolute atomic E-state index is 6.10. The summed E-state index contributed by atoms with van der Waals surface area (Å²) < 4.78 is 11.9. The molecule has 0 unspecified atom stereocenters. The molecule has 0 radical (unpaired) electrons. The molecule has 0 bridgehead atoms. The van der Waals surface area contributed by atoms with Gasteiger partial charge in [-0.3, -0.25) is 4.98 Å². The van der Waals surface area contributed by atoms with Gasteiger partial charge in [-0.1, -0.05) is 12.1 Å². The molecule has 2 heterocycles. The predicted molar refractivity (Wildman–Crippen MR) is 86.6 cm³/mol. The molecule has 114 valence electrons. The lowest BCUT2D eigenvalue weighted by Gasteiger charge is -2.32. The second-order valence-electron chi connectivity index (χ2n) is 7.21. The van der Waals surface area contributed by atoms with Crippen molar-refractivity contribution in [2.75, 3.05) is 0 Å². The van der Waals surface area contributed by atoms with Crippen molar-refractivity contribution in [2.24, 2.45) is 5.73 Å². The Morgan fingerprint density at radius 3 is 2.24 bits per heavy atom. The van der Waals surface area contributed by atoms with Crippen LogP contribution in [0.5, 0.6) is 0 Å². The average Bonchev–Trinajstić information content (AvgIpc) is 2.55. The van der Waals surface area contributed by atoms with Crippen molar-refractivity contribution >= 4 is 13.2 Å². The van der Waals surface area contributed by atoms with Gasteiger partial charge in [0.15, 0.2) is 0 Å².